The van der Waals surface area contributed by atoms with Crippen LogP contribution in [-0.2, 0) is 13.0 Å². The molecule has 1 aliphatic rings. The maximum absolute atomic E-state index is 4.94. The van der Waals surface area contributed by atoms with E-state index in [4.69, 9.17) is 4.98 Å². The summed E-state index contributed by atoms with van der Waals surface area (Å²) in [6, 6.07) is 10.6. The van der Waals surface area contributed by atoms with Gasteiger partial charge in [0, 0.05) is 25.1 Å². The van der Waals surface area contributed by atoms with Crippen molar-refractivity contribution in [2.45, 2.75) is 38.6 Å². The number of rotatable bonds is 4. The molecule has 0 saturated carbocycles. The third-order valence-corrected chi connectivity index (χ3v) is 4.18. The number of nitrogens with one attached hydrogen (secondary N) is 1. The number of hydrogen-bond donors (Lipinski definition) is 1. The molecule has 0 amide bonds. The van der Waals surface area contributed by atoms with Crippen molar-refractivity contribution in [1.82, 2.24) is 14.9 Å². The molecule has 1 N–H and O–H groups in total. The highest BCUT2D eigenvalue weighted by molar-refractivity contribution is 5.21. The van der Waals surface area contributed by atoms with Crippen molar-refractivity contribution in [3.63, 3.8) is 0 Å². The zero-order chi connectivity index (χ0) is 13.8. The molecule has 0 spiro atoms. The van der Waals surface area contributed by atoms with E-state index in [-0.39, 0.29) is 0 Å². The van der Waals surface area contributed by atoms with E-state index >= 15 is 0 Å². The third kappa shape index (κ3) is 2.93. The van der Waals surface area contributed by atoms with Crippen LogP contribution in [0.5, 0.6) is 0 Å². The Morgan fingerprint density at radius 1 is 1.20 bits per heavy atom. The maximum atomic E-state index is 4.94. The predicted molar refractivity (Wildman–Crippen MR) is 82.0 cm³/mol. The molecule has 106 valence electrons. The van der Waals surface area contributed by atoms with Crippen molar-refractivity contribution in [2.75, 3.05) is 13.1 Å². The lowest BCUT2D eigenvalue weighted by molar-refractivity contribution is 0.454. The lowest BCUT2D eigenvalue weighted by Crippen LogP contribution is -2.26. The Morgan fingerprint density at radius 3 is 2.65 bits per heavy atom. The van der Waals surface area contributed by atoms with Gasteiger partial charge in [-0.25, -0.2) is 4.98 Å². The van der Waals surface area contributed by atoms with Crippen LogP contribution >= 0.6 is 0 Å². The second kappa shape index (κ2) is 6.23. The monoisotopic (exact) mass is 269 g/mol. The summed E-state index contributed by atoms with van der Waals surface area (Å²) in [6.07, 6.45) is 5.63. The molecule has 3 nitrogen and oxygen atoms in total. The first-order valence-electron chi connectivity index (χ1n) is 7.67. The first-order chi connectivity index (χ1) is 9.86. The summed E-state index contributed by atoms with van der Waals surface area (Å²) in [4.78, 5) is 4.94. The van der Waals surface area contributed by atoms with Crippen LogP contribution in [0, 0.1) is 0 Å². The first-order valence-corrected chi connectivity index (χ1v) is 7.67. The van der Waals surface area contributed by atoms with Gasteiger partial charge in [0.1, 0.15) is 5.82 Å². The summed E-state index contributed by atoms with van der Waals surface area (Å²) in [7, 11) is 0. The van der Waals surface area contributed by atoms with Gasteiger partial charge >= 0.3 is 0 Å². The highest BCUT2D eigenvalue weighted by Crippen LogP contribution is 2.25. The van der Waals surface area contributed by atoms with Crippen LogP contribution < -0.4 is 5.32 Å². The molecule has 20 heavy (non-hydrogen) atoms. The fraction of sp³-hybridized carbons (Fsp3) is 0.471. The molecule has 0 unspecified atom stereocenters. The van der Waals surface area contributed by atoms with Gasteiger partial charge in [-0.15, -0.1) is 0 Å². The van der Waals surface area contributed by atoms with Crippen LogP contribution in [0.1, 0.15) is 42.8 Å². The standard InChI is InChI=1S/C17H23N3/c1-2-20-13-16(15-8-10-18-11-9-15)19-17(20)12-14-6-4-3-5-7-14/h3-7,13,15,18H,2,8-12H2,1H3. The molecule has 1 saturated heterocycles. The fourth-order valence-electron chi connectivity index (χ4n) is 2.98. The van der Waals surface area contributed by atoms with Gasteiger partial charge in [0.05, 0.1) is 5.69 Å². The molecule has 2 aromatic rings. The van der Waals surface area contributed by atoms with Crippen LogP contribution in [0.25, 0.3) is 0 Å². The molecule has 0 aliphatic carbocycles. The highest BCUT2D eigenvalue weighted by atomic mass is 15.1. The molecule has 1 aromatic carbocycles. The van der Waals surface area contributed by atoms with Crippen molar-refractivity contribution in [3.05, 3.63) is 53.6 Å². The Morgan fingerprint density at radius 2 is 1.95 bits per heavy atom. The average molecular weight is 269 g/mol. The van der Waals surface area contributed by atoms with Gasteiger partial charge in [-0.1, -0.05) is 30.3 Å². The van der Waals surface area contributed by atoms with E-state index in [0.717, 1.165) is 26.1 Å². The number of hydrogen-bond acceptors (Lipinski definition) is 2. The Balaban J connectivity index is 1.81. The molecular weight excluding hydrogens is 246 g/mol. The largest absolute Gasteiger partial charge is 0.335 e. The molecule has 0 atom stereocenters. The van der Waals surface area contributed by atoms with E-state index in [1.54, 1.807) is 0 Å². The van der Waals surface area contributed by atoms with Crippen LogP contribution in [0.4, 0.5) is 0 Å². The second-order valence-corrected chi connectivity index (χ2v) is 5.55. The molecular formula is C17H23N3. The van der Waals surface area contributed by atoms with Crippen LogP contribution in [0.2, 0.25) is 0 Å². The summed E-state index contributed by atoms with van der Waals surface area (Å²) in [6.45, 7) is 5.44. The minimum atomic E-state index is 0.638. The van der Waals surface area contributed by atoms with Crippen molar-refractivity contribution < 1.29 is 0 Å². The summed E-state index contributed by atoms with van der Waals surface area (Å²) in [5.41, 5.74) is 2.63. The number of nitrogens with zero attached hydrogens (tertiary/aromatic N) is 2. The van der Waals surface area contributed by atoms with Gasteiger partial charge in [0.2, 0.25) is 0 Å². The van der Waals surface area contributed by atoms with Crippen LogP contribution in [-0.4, -0.2) is 22.6 Å². The number of aromatic nitrogens is 2. The Hall–Kier alpha value is -1.61. The minimum Gasteiger partial charge on any atom is -0.335 e. The SMILES string of the molecule is CCn1cc(C2CCNCC2)nc1Cc1ccccc1. The van der Waals surface area contributed by atoms with E-state index in [1.807, 2.05) is 0 Å². The van der Waals surface area contributed by atoms with Gasteiger partial charge in [0.15, 0.2) is 0 Å². The number of piperidine rings is 1. The van der Waals surface area contributed by atoms with Crippen molar-refractivity contribution in [2.24, 2.45) is 0 Å². The number of benzene rings is 1. The zero-order valence-corrected chi connectivity index (χ0v) is 12.2. The number of aryl methyl sites for hydroxylation is 1. The molecule has 1 fully saturated rings. The minimum absolute atomic E-state index is 0.638. The zero-order valence-electron chi connectivity index (χ0n) is 12.2. The van der Waals surface area contributed by atoms with E-state index < -0.39 is 0 Å². The summed E-state index contributed by atoms with van der Waals surface area (Å²) in [5, 5.41) is 3.43. The third-order valence-electron chi connectivity index (χ3n) is 4.18. The lowest BCUT2D eigenvalue weighted by Gasteiger charge is -2.20. The lowest BCUT2D eigenvalue weighted by atomic mass is 9.95. The van der Waals surface area contributed by atoms with Crippen molar-refractivity contribution in [3.8, 4) is 0 Å². The van der Waals surface area contributed by atoms with E-state index in [9.17, 15) is 0 Å². The molecule has 2 heterocycles. The summed E-state index contributed by atoms with van der Waals surface area (Å²) < 4.78 is 2.31. The second-order valence-electron chi connectivity index (χ2n) is 5.55. The Kier molecular flexibility index (Phi) is 4.16. The molecule has 3 heteroatoms. The molecule has 0 radical (unpaired) electrons. The summed E-state index contributed by atoms with van der Waals surface area (Å²) in [5.74, 6) is 1.84. The van der Waals surface area contributed by atoms with Crippen LogP contribution in [0.15, 0.2) is 36.5 Å². The first kappa shape index (κ1) is 13.4. The predicted octanol–water partition coefficient (Wildman–Crippen LogP) is 2.96. The maximum Gasteiger partial charge on any atom is 0.113 e. The quantitative estimate of drug-likeness (QED) is 0.925. The summed E-state index contributed by atoms with van der Waals surface area (Å²) >= 11 is 0. The fourth-order valence-corrected chi connectivity index (χ4v) is 2.98. The van der Waals surface area contributed by atoms with Gasteiger partial charge < -0.3 is 9.88 Å². The smallest absolute Gasteiger partial charge is 0.113 e. The van der Waals surface area contributed by atoms with E-state index in [2.05, 4.69) is 53.3 Å². The average Bonchev–Trinajstić information content (AvgIpc) is 2.92. The Labute approximate surface area is 121 Å². The van der Waals surface area contributed by atoms with Crippen LogP contribution in [0.3, 0.4) is 0 Å². The van der Waals surface area contributed by atoms with Crippen molar-refractivity contribution >= 4 is 0 Å². The molecule has 0 bridgehead atoms. The van der Waals surface area contributed by atoms with Gasteiger partial charge in [-0.2, -0.15) is 0 Å². The number of imidazole rings is 1. The van der Waals surface area contributed by atoms with Gasteiger partial charge in [-0.05, 0) is 38.4 Å². The highest BCUT2D eigenvalue weighted by Gasteiger charge is 2.19. The molecule has 1 aliphatic heterocycles. The van der Waals surface area contributed by atoms with Gasteiger partial charge in [-0.3, -0.25) is 0 Å². The topological polar surface area (TPSA) is 29.9 Å². The van der Waals surface area contributed by atoms with Gasteiger partial charge in [0.25, 0.3) is 0 Å². The van der Waals surface area contributed by atoms with E-state index in [0.29, 0.717) is 5.92 Å². The van der Waals surface area contributed by atoms with E-state index in [1.165, 1.54) is 29.9 Å². The molecule has 3 rings (SSSR count). The Bertz CT molecular complexity index is 539. The molecule has 1 aromatic heterocycles. The normalized spacial score (nSPS) is 16.4. The van der Waals surface area contributed by atoms with Crippen molar-refractivity contribution in [1.29, 1.82) is 0 Å².